The van der Waals surface area contributed by atoms with Crippen LogP contribution in [0, 0.1) is 22.0 Å². The highest BCUT2D eigenvalue weighted by atomic mass is 32.1. The zero-order chi connectivity index (χ0) is 14.1. The molecule has 0 amide bonds. The van der Waals surface area contributed by atoms with Crippen LogP contribution in [0.2, 0.25) is 0 Å². The molecule has 1 saturated heterocycles. The van der Waals surface area contributed by atoms with Crippen LogP contribution < -0.4 is 0 Å². The molecule has 0 aliphatic carbocycles. The van der Waals surface area contributed by atoms with E-state index in [1.165, 1.54) is 19.4 Å². The number of nitrogens with one attached hydrogen (secondary N) is 1. The van der Waals surface area contributed by atoms with E-state index >= 15 is 0 Å². The first kappa shape index (κ1) is 13.3. The molecule has 2 aromatic rings. The first-order valence-electron chi connectivity index (χ1n) is 6.98. The summed E-state index contributed by atoms with van der Waals surface area (Å²) in [5.41, 5.74) is 2.74. The zero-order valence-electron chi connectivity index (χ0n) is 11.6. The number of hydrogen-bond acceptors (Lipinski definition) is 3. The summed E-state index contributed by atoms with van der Waals surface area (Å²) in [7, 11) is 2.18. The number of benzene rings is 1. The minimum Gasteiger partial charge on any atom is -0.331 e. The molecule has 1 N–H and O–H groups in total. The predicted molar refractivity (Wildman–Crippen MR) is 82.1 cm³/mol. The van der Waals surface area contributed by atoms with Crippen LogP contribution in [0.5, 0.6) is 0 Å². The fraction of sp³-hybridized carbons (Fsp3) is 0.467. The summed E-state index contributed by atoms with van der Waals surface area (Å²) in [6.07, 6.45) is 2.50. The minimum atomic E-state index is 0.630. The van der Waals surface area contributed by atoms with Crippen LogP contribution in [0.4, 0.5) is 0 Å². The molecule has 1 aromatic heterocycles. The van der Waals surface area contributed by atoms with E-state index in [2.05, 4.69) is 27.6 Å². The largest absolute Gasteiger partial charge is 0.331 e. The van der Waals surface area contributed by atoms with Gasteiger partial charge >= 0.3 is 0 Å². The normalized spacial score (nSPS) is 20.1. The molecule has 1 aromatic carbocycles. The van der Waals surface area contributed by atoms with Crippen molar-refractivity contribution in [1.29, 1.82) is 5.26 Å². The average Bonchev–Trinajstić information content (AvgIpc) is 2.74. The van der Waals surface area contributed by atoms with Gasteiger partial charge in [-0.3, -0.25) is 0 Å². The van der Waals surface area contributed by atoms with Crippen molar-refractivity contribution >= 4 is 23.3 Å². The number of nitriles is 1. The summed E-state index contributed by atoms with van der Waals surface area (Å²) in [5, 5.41) is 9.05. The van der Waals surface area contributed by atoms with Crippen LogP contribution >= 0.6 is 12.2 Å². The van der Waals surface area contributed by atoms with E-state index in [0.717, 1.165) is 28.9 Å². The lowest BCUT2D eigenvalue weighted by Crippen LogP contribution is -2.34. The molecule has 1 atom stereocenters. The van der Waals surface area contributed by atoms with Gasteiger partial charge in [-0.05, 0) is 62.8 Å². The Bertz CT molecular complexity index is 722. The second-order valence-corrected chi connectivity index (χ2v) is 6.04. The van der Waals surface area contributed by atoms with Crippen molar-refractivity contribution in [1.82, 2.24) is 14.5 Å². The Morgan fingerprint density at radius 1 is 1.50 bits per heavy atom. The third-order valence-electron chi connectivity index (χ3n) is 4.07. The molecule has 0 spiro atoms. The Kier molecular flexibility index (Phi) is 3.60. The molecule has 1 aliphatic rings. The average molecular weight is 286 g/mol. The van der Waals surface area contributed by atoms with Gasteiger partial charge in [0, 0.05) is 13.1 Å². The van der Waals surface area contributed by atoms with Crippen LogP contribution in [0.15, 0.2) is 18.2 Å². The number of fused-ring (bicyclic) bond motifs is 1. The molecule has 0 saturated carbocycles. The summed E-state index contributed by atoms with van der Waals surface area (Å²) in [6.45, 7) is 3.23. The van der Waals surface area contributed by atoms with Gasteiger partial charge in [-0.1, -0.05) is 0 Å². The summed E-state index contributed by atoms with van der Waals surface area (Å²) in [4.78, 5) is 5.62. The smallest absolute Gasteiger partial charge is 0.178 e. The maximum atomic E-state index is 9.05. The Morgan fingerprint density at radius 2 is 2.35 bits per heavy atom. The lowest BCUT2D eigenvalue weighted by molar-refractivity contribution is 0.195. The van der Waals surface area contributed by atoms with Gasteiger partial charge in [0.25, 0.3) is 0 Å². The van der Waals surface area contributed by atoms with Gasteiger partial charge in [-0.25, -0.2) is 0 Å². The van der Waals surface area contributed by atoms with Crippen LogP contribution in [0.25, 0.3) is 11.0 Å². The molecule has 5 heteroatoms. The number of aromatic amines is 1. The van der Waals surface area contributed by atoms with E-state index in [9.17, 15) is 0 Å². The molecule has 20 heavy (non-hydrogen) atoms. The van der Waals surface area contributed by atoms with Crippen LogP contribution in [0.3, 0.4) is 0 Å². The molecular weight excluding hydrogens is 268 g/mol. The molecule has 4 nitrogen and oxygen atoms in total. The number of likely N-dealkylation sites (tertiary alicyclic amines) is 1. The highest BCUT2D eigenvalue weighted by Gasteiger charge is 2.19. The number of hydrogen-bond donors (Lipinski definition) is 1. The predicted octanol–water partition coefficient (Wildman–Crippen LogP) is 2.91. The van der Waals surface area contributed by atoms with Gasteiger partial charge in [0.05, 0.1) is 22.7 Å². The number of piperidine rings is 1. The topological polar surface area (TPSA) is 47.8 Å². The van der Waals surface area contributed by atoms with Gasteiger partial charge in [0.15, 0.2) is 4.77 Å². The quantitative estimate of drug-likeness (QED) is 0.864. The highest BCUT2D eigenvalue weighted by Crippen LogP contribution is 2.21. The zero-order valence-corrected chi connectivity index (χ0v) is 12.4. The van der Waals surface area contributed by atoms with E-state index < -0.39 is 0 Å². The van der Waals surface area contributed by atoms with Gasteiger partial charge in [-0.2, -0.15) is 5.26 Å². The highest BCUT2D eigenvalue weighted by molar-refractivity contribution is 7.71. The summed E-state index contributed by atoms with van der Waals surface area (Å²) < 4.78 is 2.90. The van der Waals surface area contributed by atoms with Gasteiger partial charge in [0.1, 0.15) is 0 Å². The van der Waals surface area contributed by atoms with Crippen molar-refractivity contribution in [3.63, 3.8) is 0 Å². The molecule has 1 aliphatic heterocycles. The number of nitrogens with zero attached hydrogens (tertiary/aromatic N) is 3. The van der Waals surface area contributed by atoms with E-state index in [0.29, 0.717) is 11.5 Å². The first-order valence-corrected chi connectivity index (χ1v) is 7.39. The number of imidazole rings is 1. The van der Waals surface area contributed by atoms with Crippen molar-refractivity contribution in [2.45, 2.75) is 19.4 Å². The molecule has 104 valence electrons. The molecule has 0 bridgehead atoms. The number of rotatable bonds is 2. The molecule has 1 fully saturated rings. The number of aromatic nitrogens is 2. The maximum absolute atomic E-state index is 9.05. The molecule has 3 rings (SSSR count). The van der Waals surface area contributed by atoms with Crippen molar-refractivity contribution < 1.29 is 0 Å². The fourth-order valence-corrected chi connectivity index (χ4v) is 3.37. The van der Waals surface area contributed by atoms with E-state index in [4.69, 9.17) is 17.5 Å². The van der Waals surface area contributed by atoms with Gasteiger partial charge in [0.2, 0.25) is 0 Å². The second kappa shape index (κ2) is 5.39. The van der Waals surface area contributed by atoms with Crippen LogP contribution in [-0.2, 0) is 6.54 Å². The Labute approximate surface area is 123 Å². The van der Waals surface area contributed by atoms with E-state index in [-0.39, 0.29) is 0 Å². The second-order valence-electron chi connectivity index (χ2n) is 5.65. The minimum absolute atomic E-state index is 0.630. The third kappa shape index (κ3) is 2.49. The van der Waals surface area contributed by atoms with Crippen molar-refractivity contribution in [3.8, 4) is 6.07 Å². The first-order chi connectivity index (χ1) is 9.67. The lowest BCUT2D eigenvalue weighted by Gasteiger charge is -2.29. The van der Waals surface area contributed by atoms with Crippen molar-refractivity contribution in [2.75, 3.05) is 20.1 Å². The third-order valence-corrected chi connectivity index (χ3v) is 4.39. The Hall–Kier alpha value is -1.64. The molecular formula is C15H18N4S. The monoisotopic (exact) mass is 286 g/mol. The maximum Gasteiger partial charge on any atom is 0.178 e. The molecule has 1 unspecified atom stereocenters. The van der Waals surface area contributed by atoms with Crippen molar-refractivity contribution in [2.24, 2.45) is 5.92 Å². The SMILES string of the molecule is CN1CCCC(Cn2c(=S)[nH]c3ccc(C#N)cc32)C1. The van der Waals surface area contributed by atoms with Gasteiger partial charge < -0.3 is 14.5 Å². The summed E-state index contributed by atoms with van der Waals surface area (Å²) in [6, 6.07) is 7.88. The lowest BCUT2D eigenvalue weighted by atomic mass is 9.98. The molecule has 0 radical (unpaired) electrons. The van der Waals surface area contributed by atoms with Crippen molar-refractivity contribution in [3.05, 3.63) is 28.5 Å². The fourth-order valence-electron chi connectivity index (χ4n) is 3.08. The van der Waals surface area contributed by atoms with E-state index in [1.807, 2.05) is 18.2 Å². The Morgan fingerprint density at radius 3 is 3.10 bits per heavy atom. The molecule has 2 heterocycles. The summed E-state index contributed by atoms with van der Waals surface area (Å²) in [5.74, 6) is 0.630. The van der Waals surface area contributed by atoms with Crippen LogP contribution in [0.1, 0.15) is 18.4 Å². The van der Waals surface area contributed by atoms with Crippen LogP contribution in [-0.4, -0.2) is 34.6 Å². The summed E-state index contributed by atoms with van der Waals surface area (Å²) >= 11 is 5.44. The van der Waals surface area contributed by atoms with E-state index in [1.54, 1.807) is 0 Å². The van der Waals surface area contributed by atoms with Gasteiger partial charge in [-0.15, -0.1) is 0 Å². The number of H-pyrrole nitrogens is 1. The Balaban J connectivity index is 1.96. The standard InChI is InChI=1S/C15H18N4S/c1-18-6-2-3-12(9-18)10-19-14-7-11(8-16)4-5-13(14)17-15(19)20/h4-5,7,12H,2-3,6,9-10H2,1H3,(H,17,20).